The summed E-state index contributed by atoms with van der Waals surface area (Å²) in [6, 6.07) is 9.17. The van der Waals surface area contributed by atoms with Gasteiger partial charge in [0.05, 0.1) is 35.0 Å². The van der Waals surface area contributed by atoms with Crippen molar-refractivity contribution in [1.82, 2.24) is 24.5 Å². The van der Waals surface area contributed by atoms with Gasteiger partial charge in [-0.1, -0.05) is 23.6 Å². The molecule has 7 rings (SSSR count). The van der Waals surface area contributed by atoms with Crippen LogP contribution in [-0.2, 0) is 52.9 Å². The van der Waals surface area contributed by atoms with E-state index in [1.165, 1.54) is 25.6 Å². The van der Waals surface area contributed by atoms with Crippen LogP contribution in [0.1, 0.15) is 84.5 Å². The number of fused-ring (bicyclic) bond motifs is 4. The summed E-state index contributed by atoms with van der Waals surface area (Å²) in [6.07, 6.45) is -5.94. The molecule has 0 saturated heterocycles. The number of pyridine rings is 1. The molecule has 9 nitrogen and oxygen atoms in total. The molecule has 0 radical (unpaired) electrons. The summed E-state index contributed by atoms with van der Waals surface area (Å²) >= 11 is 6.72. The zero-order chi connectivity index (χ0) is 42.8. The summed E-state index contributed by atoms with van der Waals surface area (Å²) in [7, 11) is 3.11. The van der Waals surface area contributed by atoms with Crippen LogP contribution in [0.15, 0.2) is 42.5 Å². The largest absolute Gasteiger partial charge is 0.435 e. The van der Waals surface area contributed by atoms with Crippen LogP contribution in [0.3, 0.4) is 0 Å². The third kappa shape index (κ3) is 8.51. The van der Waals surface area contributed by atoms with Crippen LogP contribution in [0.5, 0.6) is 0 Å². The van der Waals surface area contributed by atoms with Crippen molar-refractivity contribution in [2.75, 3.05) is 13.7 Å². The number of Topliss-reactive ketones (excluding diaryl/α,β-unsaturated/α-hetero) is 2. The number of halogens is 8. The number of carbonyl (C=O) groups is 2. The molecule has 17 heteroatoms. The first-order valence-corrected chi connectivity index (χ1v) is 19.0. The Morgan fingerprint density at radius 1 is 1.05 bits per heavy atom. The lowest BCUT2D eigenvalue weighted by atomic mass is 9.86. The van der Waals surface area contributed by atoms with Gasteiger partial charge in [0.2, 0.25) is 0 Å². The van der Waals surface area contributed by atoms with E-state index in [1.807, 2.05) is 0 Å². The second kappa shape index (κ2) is 15.5. The van der Waals surface area contributed by atoms with Gasteiger partial charge in [-0.3, -0.25) is 19.0 Å². The van der Waals surface area contributed by atoms with Crippen molar-refractivity contribution in [1.29, 1.82) is 0 Å². The Bertz CT molecular complexity index is 2550. The number of alkyl halides is 5. The minimum atomic E-state index is -5.05. The van der Waals surface area contributed by atoms with Gasteiger partial charge in [-0.15, -0.1) is 0 Å². The Morgan fingerprint density at radius 3 is 2.41 bits per heavy atom. The fourth-order valence-corrected chi connectivity index (χ4v) is 8.23. The molecule has 1 saturated carbocycles. The number of ketones is 2. The molecule has 0 aliphatic heterocycles. The highest BCUT2D eigenvalue weighted by atomic mass is 35.5. The summed E-state index contributed by atoms with van der Waals surface area (Å²) < 4.78 is 109. The summed E-state index contributed by atoms with van der Waals surface area (Å²) in [4.78, 5) is 31.7. The van der Waals surface area contributed by atoms with Crippen LogP contribution in [0.25, 0.3) is 22.0 Å². The number of hydrogen-bond acceptors (Lipinski definition) is 7. The Hall–Kier alpha value is -5.11. The average molecular weight is 844 g/mol. The SMILES string of the molecule is COCCC(=O)Cc1nn(C)c2c(-c3ccc(C#CC(C)(C)O)nc3[C@@H](CC(=O)Cn3nc(C(F)(F)F)c4c3C(F)(F)[C@@H]3C[C@H]43)Cc3cc(F)cc(F)c3)ccc(Cl)c12. The zero-order valence-electron chi connectivity index (χ0n) is 32.2. The van der Waals surface area contributed by atoms with Crippen molar-refractivity contribution in [3.63, 3.8) is 0 Å². The molecule has 0 amide bonds. The number of rotatable bonds is 13. The van der Waals surface area contributed by atoms with Gasteiger partial charge in [0.1, 0.15) is 41.0 Å². The van der Waals surface area contributed by atoms with Gasteiger partial charge in [-0.25, -0.2) is 13.8 Å². The highest BCUT2D eigenvalue weighted by Crippen LogP contribution is 2.68. The number of methoxy groups -OCH3 is 1. The van der Waals surface area contributed by atoms with E-state index >= 15 is 8.78 Å². The molecular weight excluding hydrogens is 807 g/mol. The first kappa shape index (κ1) is 42.0. The topological polar surface area (TPSA) is 112 Å². The normalized spacial score (nSPS) is 17.4. The van der Waals surface area contributed by atoms with E-state index in [1.54, 1.807) is 31.3 Å². The maximum absolute atomic E-state index is 15.4. The molecular formula is C42H37ClF7N5O4. The Kier molecular flexibility index (Phi) is 11.0. The molecule has 0 spiro atoms. The first-order valence-electron chi connectivity index (χ1n) is 18.6. The van der Waals surface area contributed by atoms with E-state index in [9.17, 15) is 36.6 Å². The lowest BCUT2D eigenvalue weighted by Crippen LogP contribution is -2.24. The Morgan fingerprint density at radius 2 is 1.75 bits per heavy atom. The lowest BCUT2D eigenvalue weighted by Gasteiger charge is -2.22. The van der Waals surface area contributed by atoms with Gasteiger partial charge in [-0.2, -0.15) is 32.1 Å². The molecule has 3 aromatic heterocycles. The molecule has 1 fully saturated rings. The third-order valence-electron chi connectivity index (χ3n) is 10.5. The van der Waals surface area contributed by atoms with Gasteiger partial charge in [-0.05, 0) is 74.4 Å². The van der Waals surface area contributed by atoms with Crippen LogP contribution in [-0.4, -0.2) is 60.5 Å². The van der Waals surface area contributed by atoms with Gasteiger partial charge < -0.3 is 9.84 Å². The number of ether oxygens (including phenoxy) is 1. The first-order chi connectivity index (χ1) is 27.7. The summed E-state index contributed by atoms with van der Waals surface area (Å²) in [5.41, 5.74) is -2.45. The van der Waals surface area contributed by atoms with Crippen LogP contribution < -0.4 is 0 Å². The van der Waals surface area contributed by atoms with Crippen molar-refractivity contribution in [3.8, 4) is 23.0 Å². The van der Waals surface area contributed by atoms with Crippen molar-refractivity contribution >= 4 is 34.1 Å². The molecule has 310 valence electrons. The van der Waals surface area contributed by atoms with Gasteiger partial charge >= 0.3 is 6.18 Å². The van der Waals surface area contributed by atoms with Crippen LogP contribution >= 0.6 is 11.6 Å². The molecule has 2 aliphatic carbocycles. The van der Waals surface area contributed by atoms with Gasteiger partial charge in [0, 0.05) is 67.0 Å². The molecule has 3 atom stereocenters. The van der Waals surface area contributed by atoms with Crippen molar-refractivity contribution in [2.24, 2.45) is 13.0 Å². The quantitative estimate of drug-likeness (QED) is 0.0939. The Balaban J connectivity index is 1.37. The molecule has 5 aromatic rings. The van der Waals surface area contributed by atoms with E-state index in [2.05, 4.69) is 22.0 Å². The molecule has 3 heterocycles. The maximum atomic E-state index is 15.4. The van der Waals surface area contributed by atoms with E-state index in [4.69, 9.17) is 21.3 Å². The fourth-order valence-electron chi connectivity index (χ4n) is 7.97. The molecule has 2 aromatic carbocycles. The summed E-state index contributed by atoms with van der Waals surface area (Å²) in [5, 5.41) is 19.2. The predicted molar refractivity (Wildman–Crippen MR) is 202 cm³/mol. The average Bonchev–Trinajstić information content (AvgIpc) is 3.67. The van der Waals surface area contributed by atoms with Crippen LogP contribution in [0.4, 0.5) is 30.7 Å². The van der Waals surface area contributed by atoms with Crippen LogP contribution in [0, 0.1) is 29.4 Å². The van der Waals surface area contributed by atoms with Crippen molar-refractivity contribution < 1.29 is 50.2 Å². The van der Waals surface area contributed by atoms with E-state index in [0.29, 0.717) is 38.5 Å². The Labute approximate surface area is 338 Å². The summed E-state index contributed by atoms with van der Waals surface area (Å²) in [6.45, 7) is 2.14. The maximum Gasteiger partial charge on any atom is 0.435 e. The number of aliphatic hydroxyl groups is 1. The number of aromatic nitrogens is 5. The monoisotopic (exact) mass is 843 g/mol. The highest BCUT2D eigenvalue weighted by Gasteiger charge is 2.68. The smallest absolute Gasteiger partial charge is 0.384 e. The zero-order valence-corrected chi connectivity index (χ0v) is 32.9. The van der Waals surface area contributed by atoms with E-state index in [0.717, 1.165) is 12.1 Å². The third-order valence-corrected chi connectivity index (χ3v) is 10.8. The number of benzene rings is 2. The minimum absolute atomic E-state index is 0.0730. The number of hydrogen-bond donors (Lipinski definition) is 1. The minimum Gasteiger partial charge on any atom is -0.384 e. The predicted octanol–water partition coefficient (Wildman–Crippen LogP) is 8.25. The second-order valence-electron chi connectivity index (χ2n) is 15.5. The van der Waals surface area contributed by atoms with Crippen molar-refractivity contribution in [3.05, 3.63) is 98.7 Å². The molecule has 1 N–H and O–H groups in total. The highest BCUT2D eigenvalue weighted by molar-refractivity contribution is 6.36. The number of aryl methyl sites for hydroxylation is 1. The molecule has 0 unspecified atom stereocenters. The van der Waals surface area contributed by atoms with Crippen molar-refractivity contribution in [2.45, 2.75) is 82.0 Å². The molecule has 2 aliphatic rings. The standard InChI is InChI=1S/C42H37ClF7N5O4/c1-40(2,58)11-9-25-5-6-28(29-7-8-32(43)35-33(52-54(3)37(29)35)18-26(56)10-12-59-4)36(51-25)22(13-21-14-23(44)17-24(45)15-21)16-27(57)20-55-39-34(38(53-55)42(48,49)50)30-19-31(30)41(39,46)47/h5-8,14-15,17,22,30-31,58H,10,12-13,16,18-20H2,1-4H3/t22-,30+,31-/m1/s1. The van der Waals surface area contributed by atoms with E-state index in [-0.39, 0.29) is 60.0 Å². The second-order valence-corrected chi connectivity index (χ2v) is 16.0. The summed E-state index contributed by atoms with van der Waals surface area (Å²) in [5.74, 6) is -4.45. The number of nitrogens with zero attached hydrogens (tertiary/aromatic N) is 5. The molecule has 59 heavy (non-hydrogen) atoms. The van der Waals surface area contributed by atoms with Gasteiger partial charge in [0.15, 0.2) is 11.5 Å². The fraction of sp³-hybridized carbons (Fsp3) is 0.405. The van der Waals surface area contributed by atoms with E-state index < -0.39 is 82.8 Å². The molecule has 0 bridgehead atoms. The van der Waals surface area contributed by atoms with Gasteiger partial charge in [0.25, 0.3) is 5.92 Å². The van der Waals surface area contributed by atoms with Crippen LogP contribution in [0.2, 0.25) is 5.02 Å². The lowest BCUT2D eigenvalue weighted by molar-refractivity contribution is -0.142. The number of carbonyl (C=O) groups excluding carboxylic acids is 2.